The molecule has 7 heteroatoms. The Kier molecular flexibility index (Phi) is 5.94. The summed E-state index contributed by atoms with van der Waals surface area (Å²) in [6, 6.07) is 9.20. The van der Waals surface area contributed by atoms with E-state index >= 15 is 0 Å². The SMILES string of the molecule is COc1ccc(Cl)cc1NC(=O)C1CC(CC(C)C)NC12C(=O)Nc1c(C)cc(C)cc12. The van der Waals surface area contributed by atoms with Crippen LogP contribution in [0.1, 0.15) is 43.4 Å². The Morgan fingerprint density at radius 2 is 2.03 bits per heavy atom. The highest BCUT2D eigenvalue weighted by molar-refractivity contribution is 6.31. The van der Waals surface area contributed by atoms with Gasteiger partial charge in [0.2, 0.25) is 11.8 Å². The number of rotatable bonds is 5. The van der Waals surface area contributed by atoms with Gasteiger partial charge in [-0.25, -0.2) is 0 Å². The van der Waals surface area contributed by atoms with Crippen molar-refractivity contribution in [3.63, 3.8) is 0 Å². The van der Waals surface area contributed by atoms with E-state index in [1.54, 1.807) is 25.3 Å². The highest BCUT2D eigenvalue weighted by atomic mass is 35.5. The van der Waals surface area contributed by atoms with Crippen LogP contribution in [-0.2, 0) is 15.1 Å². The van der Waals surface area contributed by atoms with Crippen molar-refractivity contribution in [1.82, 2.24) is 5.32 Å². The molecule has 2 amide bonds. The van der Waals surface area contributed by atoms with Gasteiger partial charge >= 0.3 is 0 Å². The molecule has 2 heterocycles. The van der Waals surface area contributed by atoms with Crippen molar-refractivity contribution in [1.29, 1.82) is 0 Å². The van der Waals surface area contributed by atoms with Crippen molar-refractivity contribution in [3.05, 3.63) is 52.0 Å². The van der Waals surface area contributed by atoms with Gasteiger partial charge in [0.1, 0.15) is 11.3 Å². The fourth-order valence-corrected chi connectivity index (χ4v) is 5.41. The molecule has 4 rings (SSSR count). The van der Waals surface area contributed by atoms with Crippen molar-refractivity contribution < 1.29 is 14.3 Å². The smallest absolute Gasteiger partial charge is 0.250 e. The molecule has 0 aliphatic carbocycles. The Hall–Kier alpha value is -2.57. The largest absolute Gasteiger partial charge is 0.495 e. The summed E-state index contributed by atoms with van der Waals surface area (Å²) in [6.45, 7) is 8.29. The minimum absolute atomic E-state index is 0.0459. The van der Waals surface area contributed by atoms with Crippen LogP contribution in [-0.4, -0.2) is 25.0 Å². The molecule has 1 saturated heterocycles. The van der Waals surface area contributed by atoms with Gasteiger partial charge in [0.05, 0.1) is 18.7 Å². The second-order valence-corrected chi connectivity index (χ2v) is 9.80. The molecule has 3 unspecified atom stereocenters. The van der Waals surface area contributed by atoms with Gasteiger partial charge < -0.3 is 15.4 Å². The van der Waals surface area contributed by atoms with Crippen LogP contribution in [0.4, 0.5) is 11.4 Å². The number of hydrogen-bond donors (Lipinski definition) is 3. The predicted molar refractivity (Wildman–Crippen MR) is 127 cm³/mol. The van der Waals surface area contributed by atoms with Crippen LogP contribution >= 0.6 is 11.6 Å². The molecule has 32 heavy (non-hydrogen) atoms. The lowest BCUT2D eigenvalue weighted by molar-refractivity contribution is -0.130. The molecule has 1 spiro atoms. The lowest BCUT2D eigenvalue weighted by atomic mass is 9.78. The molecule has 0 bridgehead atoms. The molecule has 0 radical (unpaired) electrons. The van der Waals surface area contributed by atoms with Gasteiger partial charge in [-0.1, -0.05) is 43.1 Å². The number of amides is 2. The number of carbonyl (C=O) groups is 2. The topological polar surface area (TPSA) is 79.5 Å². The highest BCUT2D eigenvalue weighted by Gasteiger charge is 2.60. The van der Waals surface area contributed by atoms with Crippen LogP contribution in [0, 0.1) is 25.7 Å². The third-order valence-electron chi connectivity index (χ3n) is 6.47. The van der Waals surface area contributed by atoms with Crippen LogP contribution in [0.25, 0.3) is 0 Å². The summed E-state index contributed by atoms with van der Waals surface area (Å²) in [5, 5.41) is 10.1. The van der Waals surface area contributed by atoms with E-state index in [0.29, 0.717) is 28.8 Å². The maximum atomic E-state index is 13.7. The molecule has 3 N–H and O–H groups in total. The zero-order chi connectivity index (χ0) is 23.2. The van der Waals surface area contributed by atoms with E-state index < -0.39 is 11.5 Å². The Balaban J connectivity index is 1.77. The van der Waals surface area contributed by atoms with Crippen LogP contribution in [0.3, 0.4) is 0 Å². The van der Waals surface area contributed by atoms with Gasteiger partial charge in [0, 0.05) is 22.3 Å². The number of hydrogen-bond acceptors (Lipinski definition) is 4. The zero-order valence-electron chi connectivity index (χ0n) is 19.1. The average Bonchev–Trinajstić information content (AvgIpc) is 3.21. The van der Waals surface area contributed by atoms with Crippen molar-refractivity contribution >= 4 is 34.8 Å². The molecule has 2 aliphatic heterocycles. The first-order valence-electron chi connectivity index (χ1n) is 11.0. The molecule has 6 nitrogen and oxygen atoms in total. The molecular weight excluding hydrogens is 426 g/mol. The fraction of sp³-hybridized carbons (Fsp3) is 0.440. The number of aryl methyl sites for hydroxylation is 2. The highest BCUT2D eigenvalue weighted by Crippen LogP contribution is 2.49. The summed E-state index contributed by atoms with van der Waals surface area (Å²) in [7, 11) is 1.54. The quantitative estimate of drug-likeness (QED) is 0.606. The summed E-state index contributed by atoms with van der Waals surface area (Å²) in [6.07, 6.45) is 1.44. The first-order chi connectivity index (χ1) is 15.1. The van der Waals surface area contributed by atoms with Gasteiger partial charge in [0.15, 0.2) is 0 Å². The fourth-order valence-electron chi connectivity index (χ4n) is 5.24. The van der Waals surface area contributed by atoms with Crippen LogP contribution in [0.5, 0.6) is 5.75 Å². The lowest BCUT2D eigenvalue weighted by Crippen LogP contribution is -2.52. The molecule has 3 atom stereocenters. The van der Waals surface area contributed by atoms with Crippen LogP contribution in [0.2, 0.25) is 5.02 Å². The number of ether oxygens (including phenoxy) is 1. The minimum atomic E-state index is -1.11. The zero-order valence-corrected chi connectivity index (χ0v) is 19.9. The maximum Gasteiger partial charge on any atom is 0.250 e. The van der Waals surface area contributed by atoms with Gasteiger partial charge in [-0.05, 0) is 56.4 Å². The van der Waals surface area contributed by atoms with Crippen molar-refractivity contribution in [3.8, 4) is 5.75 Å². The second kappa shape index (κ2) is 8.41. The van der Waals surface area contributed by atoms with Gasteiger partial charge in [-0.3, -0.25) is 14.9 Å². The Bertz CT molecular complexity index is 1080. The molecule has 1 fully saturated rings. The van der Waals surface area contributed by atoms with E-state index in [4.69, 9.17) is 16.3 Å². The van der Waals surface area contributed by atoms with E-state index in [9.17, 15) is 9.59 Å². The molecular formula is C25H30ClN3O3. The first-order valence-corrected chi connectivity index (χ1v) is 11.4. The van der Waals surface area contributed by atoms with E-state index in [0.717, 1.165) is 28.8 Å². The van der Waals surface area contributed by atoms with Crippen molar-refractivity contribution in [2.45, 2.75) is 52.1 Å². The summed E-state index contributed by atoms with van der Waals surface area (Å²) in [5.41, 5.74) is 3.09. The Labute approximate surface area is 194 Å². The van der Waals surface area contributed by atoms with E-state index in [1.807, 2.05) is 26.0 Å². The van der Waals surface area contributed by atoms with E-state index in [-0.39, 0.29) is 17.9 Å². The summed E-state index contributed by atoms with van der Waals surface area (Å²) in [5.74, 6) is -0.0402. The molecule has 0 saturated carbocycles. The summed E-state index contributed by atoms with van der Waals surface area (Å²) in [4.78, 5) is 27.2. The van der Waals surface area contributed by atoms with Gasteiger partial charge in [-0.2, -0.15) is 0 Å². The number of benzene rings is 2. The average molecular weight is 456 g/mol. The third-order valence-corrected chi connectivity index (χ3v) is 6.70. The molecule has 170 valence electrons. The standard InChI is InChI=1S/C25H30ClN3O3/c1-13(2)8-17-12-19(23(30)27-20-11-16(26)6-7-21(20)32-5)25(29-17)18-10-14(3)9-15(4)22(18)28-24(25)31/h6-7,9-11,13,17,19,29H,8,12H2,1-5H3,(H,27,30)(H,28,31). The first kappa shape index (κ1) is 22.6. The molecule has 2 aromatic carbocycles. The number of carbonyl (C=O) groups excluding carboxylic acids is 2. The Morgan fingerprint density at radius 3 is 2.72 bits per heavy atom. The van der Waals surface area contributed by atoms with E-state index in [2.05, 4.69) is 29.8 Å². The number of anilines is 2. The summed E-state index contributed by atoms with van der Waals surface area (Å²) < 4.78 is 5.40. The number of fused-ring (bicyclic) bond motifs is 2. The third kappa shape index (κ3) is 3.76. The number of halogens is 1. The number of methoxy groups -OCH3 is 1. The second-order valence-electron chi connectivity index (χ2n) is 9.36. The normalized spacial score (nSPS) is 24.0. The molecule has 2 aromatic rings. The summed E-state index contributed by atoms with van der Waals surface area (Å²) >= 11 is 6.16. The van der Waals surface area contributed by atoms with Gasteiger partial charge in [0.25, 0.3) is 0 Å². The van der Waals surface area contributed by atoms with Crippen molar-refractivity contribution in [2.24, 2.45) is 11.8 Å². The number of nitrogens with one attached hydrogen (secondary N) is 3. The lowest BCUT2D eigenvalue weighted by Gasteiger charge is -2.30. The monoisotopic (exact) mass is 455 g/mol. The molecule has 2 aliphatic rings. The van der Waals surface area contributed by atoms with Crippen molar-refractivity contribution in [2.75, 3.05) is 17.7 Å². The Morgan fingerprint density at radius 1 is 1.28 bits per heavy atom. The van der Waals surface area contributed by atoms with Gasteiger partial charge in [-0.15, -0.1) is 0 Å². The minimum Gasteiger partial charge on any atom is -0.495 e. The van der Waals surface area contributed by atoms with Crippen LogP contribution < -0.4 is 20.7 Å². The van der Waals surface area contributed by atoms with E-state index in [1.165, 1.54) is 0 Å². The van der Waals surface area contributed by atoms with Crippen LogP contribution in [0.15, 0.2) is 30.3 Å². The maximum absolute atomic E-state index is 13.7. The predicted octanol–water partition coefficient (Wildman–Crippen LogP) is 4.78. The molecule has 0 aromatic heterocycles.